The minimum atomic E-state index is 0.0877. The van der Waals surface area contributed by atoms with Crippen LogP contribution in [0.4, 0.5) is 11.4 Å². The summed E-state index contributed by atoms with van der Waals surface area (Å²) in [5.74, 6) is 0.0877. The monoisotopic (exact) mass is 286 g/mol. The first kappa shape index (κ1) is 17.0. The molecule has 0 saturated heterocycles. The molecule has 21 heavy (non-hydrogen) atoms. The van der Waals surface area contributed by atoms with Crippen molar-refractivity contribution in [2.75, 3.05) is 23.8 Å². The van der Waals surface area contributed by atoms with Crippen molar-refractivity contribution in [1.29, 1.82) is 0 Å². The standard InChI is InChI=1S/C18H26N2O/c1-6-9-15(8-3)19-16-10-11-18(20(5)12-7-2)17(13-16)14(4)21/h6,8-11,13,19H,7,12H2,1-5H3/b9-6-,15-8+. The summed E-state index contributed by atoms with van der Waals surface area (Å²) in [5, 5.41) is 3.33. The van der Waals surface area contributed by atoms with Gasteiger partial charge in [0.1, 0.15) is 0 Å². The van der Waals surface area contributed by atoms with E-state index < -0.39 is 0 Å². The van der Waals surface area contributed by atoms with E-state index in [0.717, 1.165) is 35.6 Å². The summed E-state index contributed by atoms with van der Waals surface area (Å²) >= 11 is 0. The van der Waals surface area contributed by atoms with Crippen LogP contribution < -0.4 is 10.2 Å². The second-order valence-corrected chi connectivity index (χ2v) is 5.08. The predicted octanol–water partition coefficient (Wildman–Crippen LogP) is 4.63. The second kappa shape index (κ2) is 8.30. The van der Waals surface area contributed by atoms with Crippen LogP contribution in [-0.4, -0.2) is 19.4 Å². The van der Waals surface area contributed by atoms with E-state index in [0.29, 0.717) is 0 Å². The van der Waals surface area contributed by atoms with Crippen molar-refractivity contribution >= 4 is 17.2 Å². The average molecular weight is 286 g/mol. The molecule has 0 atom stereocenters. The molecule has 0 fully saturated rings. The molecule has 114 valence electrons. The van der Waals surface area contributed by atoms with Crippen molar-refractivity contribution in [3.05, 3.63) is 47.7 Å². The van der Waals surface area contributed by atoms with Gasteiger partial charge in [-0.25, -0.2) is 0 Å². The first-order chi connectivity index (χ1) is 10.0. The van der Waals surface area contributed by atoms with Crippen molar-refractivity contribution in [1.82, 2.24) is 0 Å². The van der Waals surface area contributed by atoms with Gasteiger partial charge in [-0.15, -0.1) is 0 Å². The zero-order valence-corrected chi connectivity index (χ0v) is 13.7. The zero-order valence-electron chi connectivity index (χ0n) is 13.7. The van der Waals surface area contributed by atoms with Gasteiger partial charge in [-0.3, -0.25) is 4.79 Å². The number of carbonyl (C=O) groups is 1. The Morgan fingerprint density at radius 1 is 1.33 bits per heavy atom. The summed E-state index contributed by atoms with van der Waals surface area (Å²) in [4.78, 5) is 14.1. The lowest BCUT2D eigenvalue weighted by Crippen LogP contribution is -2.20. The number of hydrogen-bond acceptors (Lipinski definition) is 3. The van der Waals surface area contributed by atoms with Crippen LogP contribution in [0.15, 0.2) is 42.1 Å². The SMILES string of the molecule is C/C=C\C(=C/C)Nc1ccc(N(C)CCC)c(C(C)=O)c1. The minimum absolute atomic E-state index is 0.0877. The van der Waals surface area contributed by atoms with E-state index in [1.54, 1.807) is 6.92 Å². The third kappa shape index (κ3) is 4.78. The smallest absolute Gasteiger partial charge is 0.161 e. The van der Waals surface area contributed by atoms with E-state index in [9.17, 15) is 4.79 Å². The molecule has 1 aromatic rings. The molecule has 0 radical (unpaired) electrons. The Hall–Kier alpha value is -2.03. The van der Waals surface area contributed by atoms with E-state index in [2.05, 4.69) is 17.1 Å². The number of carbonyl (C=O) groups excluding carboxylic acids is 1. The number of hydrogen-bond donors (Lipinski definition) is 1. The molecule has 0 aromatic heterocycles. The molecule has 0 aliphatic rings. The van der Waals surface area contributed by atoms with Crippen LogP contribution in [-0.2, 0) is 0 Å². The average Bonchev–Trinajstić information content (AvgIpc) is 2.46. The number of rotatable bonds is 7. The number of ketones is 1. The van der Waals surface area contributed by atoms with E-state index in [4.69, 9.17) is 0 Å². The second-order valence-electron chi connectivity index (χ2n) is 5.08. The number of nitrogens with one attached hydrogen (secondary N) is 1. The van der Waals surface area contributed by atoms with Gasteiger partial charge in [0.25, 0.3) is 0 Å². The molecule has 3 nitrogen and oxygen atoms in total. The van der Waals surface area contributed by atoms with Crippen LogP contribution in [0, 0.1) is 0 Å². The molecule has 0 heterocycles. The topological polar surface area (TPSA) is 32.3 Å². The first-order valence-electron chi connectivity index (χ1n) is 7.45. The Balaban J connectivity index is 3.11. The van der Waals surface area contributed by atoms with Gasteiger partial charge in [0, 0.05) is 36.2 Å². The third-order valence-electron chi connectivity index (χ3n) is 3.29. The summed E-state index contributed by atoms with van der Waals surface area (Å²) in [6, 6.07) is 5.95. The predicted molar refractivity (Wildman–Crippen MR) is 92.2 cm³/mol. The number of Topliss-reactive ketones (excluding diaryl/α,β-unsaturated/α-hetero) is 1. The number of anilines is 2. The maximum Gasteiger partial charge on any atom is 0.161 e. The highest BCUT2D eigenvalue weighted by Gasteiger charge is 2.12. The summed E-state index contributed by atoms with van der Waals surface area (Å²) in [5.41, 5.74) is 3.69. The highest BCUT2D eigenvalue weighted by Crippen LogP contribution is 2.25. The quantitative estimate of drug-likeness (QED) is 0.586. The molecular weight excluding hydrogens is 260 g/mol. The molecule has 0 amide bonds. The Morgan fingerprint density at radius 3 is 2.57 bits per heavy atom. The Morgan fingerprint density at radius 2 is 2.05 bits per heavy atom. The van der Waals surface area contributed by atoms with Crippen molar-refractivity contribution < 1.29 is 4.79 Å². The first-order valence-corrected chi connectivity index (χ1v) is 7.45. The fraction of sp³-hybridized carbons (Fsp3) is 0.389. The van der Waals surface area contributed by atoms with Crippen LogP contribution in [0.5, 0.6) is 0 Å². The largest absolute Gasteiger partial charge is 0.374 e. The molecule has 1 rings (SSSR count). The van der Waals surface area contributed by atoms with E-state index >= 15 is 0 Å². The summed E-state index contributed by atoms with van der Waals surface area (Å²) < 4.78 is 0. The minimum Gasteiger partial charge on any atom is -0.374 e. The van der Waals surface area contributed by atoms with Gasteiger partial charge in [-0.05, 0) is 51.5 Å². The van der Waals surface area contributed by atoms with Gasteiger partial charge in [-0.2, -0.15) is 0 Å². The highest BCUT2D eigenvalue weighted by atomic mass is 16.1. The molecule has 0 aliphatic carbocycles. The fourth-order valence-electron chi connectivity index (χ4n) is 2.24. The van der Waals surface area contributed by atoms with Crippen LogP contribution in [0.25, 0.3) is 0 Å². The summed E-state index contributed by atoms with van der Waals surface area (Å²) in [6.07, 6.45) is 7.05. The van der Waals surface area contributed by atoms with Crippen molar-refractivity contribution in [2.45, 2.75) is 34.1 Å². The Bertz CT molecular complexity index is 544. The number of nitrogens with zero attached hydrogens (tertiary/aromatic N) is 1. The van der Waals surface area contributed by atoms with Crippen molar-refractivity contribution in [3.8, 4) is 0 Å². The maximum absolute atomic E-state index is 11.9. The van der Waals surface area contributed by atoms with Crippen molar-refractivity contribution in [3.63, 3.8) is 0 Å². The Kier molecular flexibility index (Phi) is 6.73. The van der Waals surface area contributed by atoms with Crippen LogP contribution in [0.3, 0.4) is 0 Å². The zero-order chi connectivity index (χ0) is 15.8. The van der Waals surface area contributed by atoms with Gasteiger partial charge in [-0.1, -0.05) is 19.1 Å². The van der Waals surface area contributed by atoms with Gasteiger partial charge in [0.05, 0.1) is 0 Å². The highest BCUT2D eigenvalue weighted by molar-refractivity contribution is 6.00. The lowest BCUT2D eigenvalue weighted by molar-refractivity contribution is 0.101. The van der Waals surface area contributed by atoms with Crippen LogP contribution in [0.2, 0.25) is 0 Å². The van der Waals surface area contributed by atoms with Gasteiger partial charge in [0.15, 0.2) is 5.78 Å². The van der Waals surface area contributed by atoms with Crippen molar-refractivity contribution in [2.24, 2.45) is 0 Å². The molecule has 0 bridgehead atoms. The van der Waals surface area contributed by atoms with E-state index in [1.165, 1.54) is 0 Å². The molecule has 1 N–H and O–H groups in total. The van der Waals surface area contributed by atoms with E-state index in [1.807, 2.05) is 57.3 Å². The van der Waals surface area contributed by atoms with Gasteiger partial charge < -0.3 is 10.2 Å². The number of benzene rings is 1. The van der Waals surface area contributed by atoms with E-state index in [-0.39, 0.29) is 5.78 Å². The summed E-state index contributed by atoms with van der Waals surface area (Å²) in [7, 11) is 2.02. The molecule has 0 saturated carbocycles. The lowest BCUT2D eigenvalue weighted by atomic mass is 10.1. The van der Waals surface area contributed by atoms with Gasteiger partial charge >= 0.3 is 0 Å². The molecule has 1 aromatic carbocycles. The fourth-order valence-corrected chi connectivity index (χ4v) is 2.24. The van der Waals surface area contributed by atoms with Crippen LogP contribution >= 0.6 is 0 Å². The molecule has 0 aliphatic heterocycles. The number of allylic oxidation sites excluding steroid dienone is 3. The van der Waals surface area contributed by atoms with Gasteiger partial charge in [0.2, 0.25) is 0 Å². The molecular formula is C18H26N2O. The molecule has 0 spiro atoms. The maximum atomic E-state index is 11.9. The third-order valence-corrected chi connectivity index (χ3v) is 3.29. The normalized spacial score (nSPS) is 11.8. The summed E-state index contributed by atoms with van der Waals surface area (Å²) in [6.45, 7) is 8.65. The molecule has 0 unspecified atom stereocenters. The van der Waals surface area contributed by atoms with Crippen LogP contribution in [0.1, 0.15) is 44.5 Å². The lowest BCUT2D eigenvalue weighted by Gasteiger charge is -2.22. The Labute approximate surface area is 128 Å². The molecule has 3 heteroatoms.